The summed E-state index contributed by atoms with van der Waals surface area (Å²) in [5, 5.41) is 9.24. The first-order valence-corrected chi connectivity index (χ1v) is 8.58. The maximum absolute atomic E-state index is 12.1. The largest absolute Gasteiger partial charge is 0.385 e. The molecule has 146 valence electrons. The van der Waals surface area contributed by atoms with E-state index in [0.717, 1.165) is 0 Å². The number of methoxy groups -OCH3 is 1. The average molecular weight is 376 g/mol. The average Bonchev–Trinajstić information content (AvgIpc) is 2.98. The zero-order valence-corrected chi connectivity index (χ0v) is 15.8. The number of anilines is 1. The number of carbonyl (C=O) groups is 2. The van der Waals surface area contributed by atoms with Gasteiger partial charge in [-0.25, -0.2) is 4.98 Å². The zero-order chi connectivity index (χ0) is 20.0. The molecule has 0 unspecified atom stereocenters. The molecule has 10 nitrogen and oxygen atoms in total. The van der Waals surface area contributed by atoms with E-state index >= 15 is 0 Å². The number of ether oxygens (including phenoxy) is 1. The molecule has 0 aromatic carbocycles. The predicted octanol–water partition coefficient (Wildman–Crippen LogP) is 0.479. The molecule has 27 heavy (non-hydrogen) atoms. The summed E-state index contributed by atoms with van der Waals surface area (Å²) in [6.45, 7) is 6.36. The molecule has 2 amide bonds. The van der Waals surface area contributed by atoms with Crippen LogP contribution in [0.15, 0.2) is 16.9 Å². The van der Waals surface area contributed by atoms with Crippen LogP contribution in [0.2, 0.25) is 0 Å². The number of nitrogens with zero attached hydrogens (tertiary/aromatic N) is 3. The number of nitrogens with one attached hydrogen (secondary N) is 3. The van der Waals surface area contributed by atoms with Gasteiger partial charge in [-0.05, 0) is 19.3 Å². The van der Waals surface area contributed by atoms with Gasteiger partial charge in [0.25, 0.3) is 5.56 Å². The van der Waals surface area contributed by atoms with Gasteiger partial charge in [-0.15, -0.1) is 0 Å². The van der Waals surface area contributed by atoms with E-state index in [1.165, 1.54) is 10.7 Å². The number of rotatable bonds is 7. The van der Waals surface area contributed by atoms with E-state index in [9.17, 15) is 14.4 Å². The molecule has 0 saturated heterocycles. The van der Waals surface area contributed by atoms with E-state index in [1.807, 2.05) is 13.8 Å². The molecule has 0 aliphatic heterocycles. The van der Waals surface area contributed by atoms with E-state index in [4.69, 9.17) is 4.74 Å². The summed E-state index contributed by atoms with van der Waals surface area (Å²) in [7, 11) is 1.56. The van der Waals surface area contributed by atoms with Crippen LogP contribution in [-0.2, 0) is 14.3 Å². The third-order valence-electron chi connectivity index (χ3n) is 3.63. The Hall–Kier alpha value is -3.01. The number of carbonyl (C=O) groups excluding carboxylic acids is 2. The maximum Gasteiger partial charge on any atom is 0.314 e. The summed E-state index contributed by atoms with van der Waals surface area (Å²) in [4.78, 5) is 42.9. The standard InChI is InChI=1S/C17H24N6O4/c1-10(2)12-9-14(24)21-17(19-12)23-13(8-11(3)22-23)20-16(26)15(25)18-6-5-7-27-4/h8-10H,5-7H2,1-4H3,(H,18,25)(H,20,26)(H,19,21,24). The van der Waals surface area contributed by atoms with Crippen LogP contribution in [0.5, 0.6) is 0 Å². The number of hydrogen-bond acceptors (Lipinski definition) is 6. The van der Waals surface area contributed by atoms with Gasteiger partial charge in [0, 0.05) is 32.4 Å². The van der Waals surface area contributed by atoms with Gasteiger partial charge in [-0.3, -0.25) is 19.4 Å². The molecule has 3 N–H and O–H groups in total. The second-order valence-corrected chi connectivity index (χ2v) is 6.29. The monoisotopic (exact) mass is 376 g/mol. The molecule has 0 saturated carbocycles. The summed E-state index contributed by atoms with van der Waals surface area (Å²) >= 11 is 0. The van der Waals surface area contributed by atoms with Gasteiger partial charge >= 0.3 is 11.8 Å². The van der Waals surface area contributed by atoms with Crippen molar-refractivity contribution >= 4 is 17.6 Å². The fraction of sp³-hybridized carbons (Fsp3) is 0.471. The summed E-state index contributed by atoms with van der Waals surface area (Å²) in [6.07, 6.45) is 0.597. The lowest BCUT2D eigenvalue weighted by atomic mass is 10.1. The van der Waals surface area contributed by atoms with Crippen molar-refractivity contribution in [1.82, 2.24) is 25.1 Å². The topological polar surface area (TPSA) is 131 Å². The van der Waals surface area contributed by atoms with Gasteiger partial charge in [0.15, 0.2) is 0 Å². The van der Waals surface area contributed by atoms with Crippen molar-refractivity contribution < 1.29 is 14.3 Å². The van der Waals surface area contributed by atoms with Gasteiger partial charge in [-0.1, -0.05) is 13.8 Å². The number of amides is 2. The normalized spacial score (nSPS) is 10.9. The van der Waals surface area contributed by atoms with Crippen molar-refractivity contribution in [3.05, 3.63) is 33.9 Å². The van der Waals surface area contributed by atoms with Crippen LogP contribution in [0.25, 0.3) is 5.95 Å². The molecule has 10 heteroatoms. The van der Waals surface area contributed by atoms with Crippen molar-refractivity contribution in [2.75, 3.05) is 25.6 Å². The molecule has 0 bridgehead atoms. The quantitative estimate of drug-likeness (QED) is 0.476. The Morgan fingerprint density at radius 2 is 2.04 bits per heavy atom. The summed E-state index contributed by atoms with van der Waals surface area (Å²) in [5.41, 5.74) is 0.850. The first-order chi connectivity index (χ1) is 12.8. The minimum Gasteiger partial charge on any atom is -0.385 e. The minimum absolute atomic E-state index is 0.0404. The Morgan fingerprint density at radius 3 is 2.70 bits per heavy atom. The van der Waals surface area contributed by atoms with Crippen molar-refractivity contribution in [1.29, 1.82) is 0 Å². The first kappa shape index (κ1) is 20.3. The van der Waals surface area contributed by atoms with E-state index in [-0.39, 0.29) is 23.2 Å². The third kappa shape index (κ3) is 5.48. The number of hydrogen-bond donors (Lipinski definition) is 3. The van der Waals surface area contributed by atoms with Crippen molar-refractivity contribution in [2.24, 2.45) is 0 Å². The number of aromatic nitrogens is 4. The van der Waals surface area contributed by atoms with Gasteiger partial charge in [0.1, 0.15) is 5.82 Å². The van der Waals surface area contributed by atoms with Crippen LogP contribution in [0, 0.1) is 6.92 Å². The summed E-state index contributed by atoms with van der Waals surface area (Å²) in [6, 6.07) is 2.99. The van der Waals surface area contributed by atoms with Crippen LogP contribution in [0.1, 0.15) is 37.6 Å². The first-order valence-electron chi connectivity index (χ1n) is 8.58. The molecule has 0 aliphatic rings. The van der Waals surface area contributed by atoms with Crippen LogP contribution in [0.3, 0.4) is 0 Å². The second kappa shape index (κ2) is 9.08. The fourth-order valence-electron chi connectivity index (χ4n) is 2.28. The van der Waals surface area contributed by atoms with Crippen LogP contribution < -0.4 is 16.2 Å². The van der Waals surface area contributed by atoms with E-state index in [0.29, 0.717) is 31.0 Å². The highest BCUT2D eigenvalue weighted by Gasteiger charge is 2.18. The third-order valence-corrected chi connectivity index (χ3v) is 3.63. The van der Waals surface area contributed by atoms with Gasteiger partial charge in [0.05, 0.1) is 11.4 Å². The zero-order valence-electron chi connectivity index (χ0n) is 15.8. The molecular weight excluding hydrogens is 352 g/mol. The van der Waals surface area contributed by atoms with Crippen molar-refractivity contribution in [2.45, 2.75) is 33.1 Å². The second-order valence-electron chi connectivity index (χ2n) is 6.29. The maximum atomic E-state index is 12.1. The molecule has 2 rings (SSSR count). The van der Waals surface area contributed by atoms with E-state index in [1.54, 1.807) is 20.1 Å². The van der Waals surface area contributed by atoms with E-state index in [2.05, 4.69) is 25.7 Å². The Morgan fingerprint density at radius 1 is 1.30 bits per heavy atom. The van der Waals surface area contributed by atoms with Crippen LogP contribution in [-0.4, -0.2) is 51.8 Å². The van der Waals surface area contributed by atoms with Crippen LogP contribution in [0.4, 0.5) is 5.82 Å². The lowest BCUT2D eigenvalue weighted by Crippen LogP contribution is -2.36. The molecule has 0 aliphatic carbocycles. The number of H-pyrrole nitrogens is 1. The molecule has 2 aromatic rings. The Kier molecular flexibility index (Phi) is 6.83. The van der Waals surface area contributed by atoms with Crippen molar-refractivity contribution in [3.63, 3.8) is 0 Å². The highest BCUT2D eigenvalue weighted by molar-refractivity contribution is 6.39. The summed E-state index contributed by atoms with van der Waals surface area (Å²) < 4.78 is 6.17. The number of aromatic amines is 1. The predicted molar refractivity (Wildman–Crippen MR) is 98.9 cm³/mol. The van der Waals surface area contributed by atoms with Crippen molar-refractivity contribution in [3.8, 4) is 5.95 Å². The Bertz CT molecular complexity index is 871. The minimum atomic E-state index is -0.837. The molecule has 0 spiro atoms. The van der Waals surface area contributed by atoms with Gasteiger partial charge < -0.3 is 15.4 Å². The molecule has 2 aromatic heterocycles. The van der Waals surface area contributed by atoms with Gasteiger partial charge in [0.2, 0.25) is 5.95 Å². The fourth-order valence-corrected chi connectivity index (χ4v) is 2.28. The molecular formula is C17H24N6O4. The lowest BCUT2D eigenvalue weighted by Gasteiger charge is -2.10. The SMILES string of the molecule is COCCCNC(=O)C(=O)Nc1cc(C)nn1-c1nc(C(C)C)cc(=O)[nH]1. The Balaban J connectivity index is 2.20. The molecule has 0 fully saturated rings. The summed E-state index contributed by atoms with van der Waals surface area (Å²) in [5.74, 6) is -1.17. The smallest absolute Gasteiger partial charge is 0.314 e. The van der Waals surface area contributed by atoms with E-state index < -0.39 is 11.8 Å². The van der Waals surface area contributed by atoms with Crippen LogP contribution >= 0.6 is 0 Å². The molecule has 2 heterocycles. The highest BCUT2D eigenvalue weighted by atomic mass is 16.5. The molecule has 0 radical (unpaired) electrons. The number of aryl methyl sites for hydroxylation is 1. The van der Waals surface area contributed by atoms with Gasteiger partial charge in [-0.2, -0.15) is 9.78 Å². The Labute approximate surface area is 156 Å². The molecule has 0 atom stereocenters. The highest BCUT2D eigenvalue weighted by Crippen LogP contribution is 2.16. The lowest BCUT2D eigenvalue weighted by molar-refractivity contribution is -0.136.